The monoisotopic (exact) mass is 350 g/mol. The van der Waals surface area contributed by atoms with Crippen molar-refractivity contribution in [2.45, 2.75) is 51.4 Å². The van der Waals surface area contributed by atoms with Gasteiger partial charge in [-0.1, -0.05) is 31.4 Å². The van der Waals surface area contributed by atoms with Crippen molar-refractivity contribution in [3.05, 3.63) is 58.7 Å². The van der Waals surface area contributed by atoms with Crippen LogP contribution in [0.5, 0.6) is 0 Å². The molecule has 0 amide bonds. The molecule has 0 aromatic heterocycles. The molecule has 1 saturated carbocycles. The summed E-state index contributed by atoms with van der Waals surface area (Å²) in [6.45, 7) is 4.59. The first-order chi connectivity index (χ1) is 12.3. The minimum absolute atomic E-state index is 0.169. The third kappa shape index (κ3) is 3.34. The van der Waals surface area contributed by atoms with Gasteiger partial charge in [-0.2, -0.15) is 0 Å². The minimum Gasteiger partial charge on any atom is -0.378 e. The van der Waals surface area contributed by atoms with Gasteiger partial charge in [0.15, 0.2) is 0 Å². The minimum atomic E-state index is 0.169. The predicted molar refractivity (Wildman–Crippen MR) is 115 cm³/mol. The van der Waals surface area contributed by atoms with Crippen LogP contribution in [0.3, 0.4) is 0 Å². The van der Waals surface area contributed by atoms with E-state index in [4.69, 9.17) is 0 Å². The summed E-state index contributed by atoms with van der Waals surface area (Å²) in [5, 5.41) is 0. The average Bonchev–Trinajstić information content (AvgIpc) is 2.61. The maximum atomic E-state index is 2.40. The molecule has 0 aliphatic heterocycles. The molecule has 0 bridgehead atoms. The molecule has 2 heteroatoms. The number of rotatable bonds is 4. The van der Waals surface area contributed by atoms with Gasteiger partial charge in [-0.15, -0.1) is 0 Å². The SMILES string of the molecule is Cc1cc(N(C)C)ccc1C1(c2ccc(N(C)C)cc2C)CCCCC1. The molecule has 140 valence electrons. The second-order valence-electron chi connectivity index (χ2n) is 8.43. The van der Waals surface area contributed by atoms with Crippen LogP contribution in [0.25, 0.3) is 0 Å². The van der Waals surface area contributed by atoms with Crippen molar-refractivity contribution < 1.29 is 0 Å². The van der Waals surface area contributed by atoms with Gasteiger partial charge >= 0.3 is 0 Å². The van der Waals surface area contributed by atoms with E-state index in [-0.39, 0.29) is 5.41 Å². The van der Waals surface area contributed by atoms with E-state index in [1.807, 2.05) is 0 Å². The molecule has 1 aliphatic carbocycles. The summed E-state index contributed by atoms with van der Waals surface area (Å²) in [7, 11) is 8.48. The quantitative estimate of drug-likeness (QED) is 0.699. The maximum absolute atomic E-state index is 2.40. The second-order valence-corrected chi connectivity index (χ2v) is 8.43. The molecule has 1 aliphatic rings. The third-order valence-corrected chi connectivity index (χ3v) is 6.19. The van der Waals surface area contributed by atoms with Gasteiger partial charge < -0.3 is 9.80 Å². The van der Waals surface area contributed by atoms with Crippen LogP contribution in [-0.4, -0.2) is 28.2 Å². The largest absolute Gasteiger partial charge is 0.378 e. The first kappa shape index (κ1) is 18.8. The molecular formula is C24H34N2. The molecule has 26 heavy (non-hydrogen) atoms. The third-order valence-electron chi connectivity index (χ3n) is 6.19. The van der Waals surface area contributed by atoms with E-state index in [1.54, 1.807) is 0 Å². The van der Waals surface area contributed by atoms with Gasteiger partial charge in [0.05, 0.1) is 0 Å². The molecule has 2 nitrogen and oxygen atoms in total. The lowest BCUT2D eigenvalue weighted by molar-refractivity contribution is 0.343. The Morgan fingerprint density at radius 3 is 1.42 bits per heavy atom. The van der Waals surface area contributed by atoms with E-state index >= 15 is 0 Å². The molecule has 0 atom stereocenters. The highest BCUT2D eigenvalue weighted by atomic mass is 15.1. The van der Waals surface area contributed by atoms with Gasteiger partial charge in [0.1, 0.15) is 0 Å². The van der Waals surface area contributed by atoms with Crippen LogP contribution in [-0.2, 0) is 5.41 Å². The Hall–Kier alpha value is -1.96. The topological polar surface area (TPSA) is 6.48 Å². The zero-order valence-corrected chi connectivity index (χ0v) is 17.4. The van der Waals surface area contributed by atoms with Crippen LogP contribution in [0.4, 0.5) is 11.4 Å². The van der Waals surface area contributed by atoms with Crippen LogP contribution < -0.4 is 9.80 Å². The van der Waals surface area contributed by atoms with Crippen molar-refractivity contribution >= 4 is 11.4 Å². The summed E-state index contributed by atoms with van der Waals surface area (Å²) < 4.78 is 0. The molecule has 0 heterocycles. The molecule has 3 rings (SSSR count). The smallest absolute Gasteiger partial charge is 0.0363 e. The van der Waals surface area contributed by atoms with Crippen molar-refractivity contribution in [1.29, 1.82) is 0 Å². The first-order valence-corrected chi connectivity index (χ1v) is 9.92. The zero-order chi connectivity index (χ0) is 18.9. The number of anilines is 2. The Balaban J connectivity index is 2.14. The van der Waals surface area contributed by atoms with Crippen molar-refractivity contribution in [1.82, 2.24) is 0 Å². The van der Waals surface area contributed by atoms with Crippen LogP contribution in [0.2, 0.25) is 0 Å². The highest BCUT2D eigenvalue weighted by Crippen LogP contribution is 2.47. The summed E-state index contributed by atoms with van der Waals surface area (Å²) in [4.78, 5) is 4.39. The summed E-state index contributed by atoms with van der Waals surface area (Å²) in [6.07, 6.45) is 6.54. The Morgan fingerprint density at radius 1 is 0.654 bits per heavy atom. The van der Waals surface area contributed by atoms with E-state index in [1.165, 1.54) is 65.7 Å². The molecule has 2 aromatic carbocycles. The lowest BCUT2D eigenvalue weighted by Crippen LogP contribution is -2.32. The Kier molecular flexibility index (Phi) is 5.32. The fraction of sp³-hybridized carbons (Fsp3) is 0.500. The molecule has 0 spiro atoms. The lowest BCUT2D eigenvalue weighted by Gasteiger charge is -2.41. The number of hydrogen-bond acceptors (Lipinski definition) is 2. The summed E-state index contributed by atoms with van der Waals surface area (Å²) in [5.74, 6) is 0. The van der Waals surface area contributed by atoms with Gasteiger partial charge in [-0.25, -0.2) is 0 Å². The normalized spacial score (nSPS) is 16.4. The molecule has 0 N–H and O–H groups in total. The summed E-state index contributed by atoms with van der Waals surface area (Å²) >= 11 is 0. The first-order valence-electron chi connectivity index (χ1n) is 9.92. The number of nitrogens with zero attached hydrogens (tertiary/aromatic N) is 2. The maximum Gasteiger partial charge on any atom is 0.0363 e. The Labute approximate surface area is 159 Å². The van der Waals surface area contributed by atoms with Crippen LogP contribution in [0.15, 0.2) is 36.4 Å². The van der Waals surface area contributed by atoms with Crippen molar-refractivity contribution in [2.75, 3.05) is 38.0 Å². The fourth-order valence-electron chi connectivity index (χ4n) is 4.77. The van der Waals surface area contributed by atoms with Gasteiger partial charge in [-0.3, -0.25) is 0 Å². The molecule has 0 radical (unpaired) electrons. The van der Waals surface area contributed by atoms with Crippen molar-refractivity contribution in [3.63, 3.8) is 0 Å². The average molecular weight is 351 g/mol. The molecule has 1 fully saturated rings. The fourth-order valence-corrected chi connectivity index (χ4v) is 4.77. The highest BCUT2D eigenvalue weighted by Gasteiger charge is 2.37. The van der Waals surface area contributed by atoms with E-state index in [2.05, 4.69) is 88.2 Å². The molecular weight excluding hydrogens is 316 g/mol. The van der Waals surface area contributed by atoms with Crippen LogP contribution in [0, 0.1) is 13.8 Å². The van der Waals surface area contributed by atoms with E-state index < -0.39 is 0 Å². The van der Waals surface area contributed by atoms with Crippen molar-refractivity contribution in [2.24, 2.45) is 0 Å². The van der Waals surface area contributed by atoms with E-state index in [0.29, 0.717) is 0 Å². The van der Waals surface area contributed by atoms with Gasteiger partial charge in [-0.05, 0) is 73.2 Å². The van der Waals surface area contributed by atoms with Gasteiger partial charge in [0, 0.05) is 45.0 Å². The van der Waals surface area contributed by atoms with Crippen molar-refractivity contribution in [3.8, 4) is 0 Å². The lowest BCUT2D eigenvalue weighted by atomic mass is 9.63. The molecule has 2 aromatic rings. The van der Waals surface area contributed by atoms with Crippen LogP contribution in [0.1, 0.15) is 54.4 Å². The Bertz CT molecular complexity index is 708. The Morgan fingerprint density at radius 2 is 1.08 bits per heavy atom. The van der Waals surface area contributed by atoms with Crippen LogP contribution >= 0.6 is 0 Å². The van der Waals surface area contributed by atoms with E-state index in [0.717, 1.165) is 0 Å². The highest BCUT2D eigenvalue weighted by molar-refractivity contribution is 5.57. The number of benzene rings is 2. The number of aryl methyl sites for hydroxylation is 2. The van der Waals surface area contributed by atoms with E-state index in [9.17, 15) is 0 Å². The zero-order valence-electron chi connectivity index (χ0n) is 17.4. The summed E-state index contributed by atoms with van der Waals surface area (Å²) in [6, 6.07) is 14.1. The number of hydrogen-bond donors (Lipinski definition) is 0. The van der Waals surface area contributed by atoms with Gasteiger partial charge in [0.2, 0.25) is 0 Å². The second kappa shape index (κ2) is 7.34. The predicted octanol–water partition coefficient (Wildman–Crippen LogP) is 5.69. The standard InChI is InChI=1S/C24H34N2/c1-18-16-20(25(3)4)10-12-22(18)24(14-8-7-9-15-24)23-13-11-21(26(5)6)17-19(23)2/h10-13,16-17H,7-9,14-15H2,1-6H3. The molecule has 0 unspecified atom stereocenters. The summed E-state index contributed by atoms with van der Waals surface area (Å²) in [5.41, 5.74) is 8.66. The van der Waals surface area contributed by atoms with Gasteiger partial charge in [0.25, 0.3) is 0 Å². The molecule has 0 saturated heterocycles.